The van der Waals surface area contributed by atoms with Crippen LogP contribution in [0.3, 0.4) is 0 Å². The topological polar surface area (TPSA) is 61.4 Å². The van der Waals surface area contributed by atoms with Crippen molar-refractivity contribution < 1.29 is 9.13 Å². The lowest BCUT2D eigenvalue weighted by atomic mass is 10.1. The second-order valence-corrected chi connectivity index (χ2v) is 6.16. The largest absolute Gasteiger partial charge is 0.491 e. The SMILES string of the molecule is CCOc1ccc(CNC(=NC)NCCc2c[nH]c3ccccc23)cc1F.I. The number of hydrogen-bond acceptors (Lipinski definition) is 2. The molecule has 0 fully saturated rings. The standard InChI is InChI=1S/C21H25FN4O.HI/c1-3-27-20-9-8-15(12-18(20)22)13-26-21(23-2)24-11-10-16-14-25-19-7-5-4-6-17(16)19;/h4-9,12,14,25H,3,10-11,13H2,1-2H3,(H2,23,24,26);1H. The molecule has 2 aromatic carbocycles. The average Bonchev–Trinajstić information content (AvgIpc) is 3.10. The first-order chi connectivity index (χ1) is 13.2. The Bertz CT molecular complexity index is 926. The summed E-state index contributed by atoms with van der Waals surface area (Å²) >= 11 is 0. The molecule has 0 bridgehead atoms. The first-order valence-corrected chi connectivity index (χ1v) is 9.12. The summed E-state index contributed by atoms with van der Waals surface area (Å²) in [5.74, 6) is 0.616. The maximum Gasteiger partial charge on any atom is 0.191 e. The van der Waals surface area contributed by atoms with Gasteiger partial charge in [0.15, 0.2) is 17.5 Å². The Balaban J connectivity index is 0.00000280. The van der Waals surface area contributed by atoms with Crippen molar-refractivity contribution in [1.82, 2.24) is 15.6 Å². The zero-order valence-corrected chi connectivity index (χ0v) is 18.4. The third-order valence-electron chi connectivity index (χ3n) is 4.34. The van der Waals surface area contributed by atoms with E-state index in [-0.39, 0.29) is 35.5 Å². The second kappa shape index (κ2) is 10.9. The molecule has 0 aliphatic carbocycles. The lowest BCUT2D eigenvalue weighted by Gasteiger charge is -2.12. The molecule has 0 unspecified atom stereocenters. The van der Waals surface area contributed by atoms with Gasteiger partial charge in [0.2, 0.25) is 0 Å². The van der Waals surface area contributed by atoms with Gasteiger partial charge in [0.25, 0.3) is 0 Å². The van der Waals surface area contributed by atoms with Crippen molar-refractivity contribution >= 4 is 40.8 Å². The molecule has 0 spiro atoms. The van der Waals surface area contributed by atoms with Gasteiger partial charge >= 0.3 is 0 Å². The zero-order valence-electron chi connectivity index (χ0n) is 16.1. The monoisotopic (exact) mass is 496 g/mol. The van der Waals surface area contributed by atoms with Gasteiger partial charge in [0.1, 0.15) is 0 Å². The number of aliphatic imine (C=N–C) groups is 1. The fourth-order valence-electron chi connectivity index (χ4n) is 2.99. The van der Waals surface area contributed by atoms with Gasteiger partial charge in [-0.05, 0) is 42.7 Å². The fourth-order valence-corrected chi connectivity index (χ4v) is 2.99. The van der Waals surface area contributed by atoms with Gasteiger partial charge in [0.05, 0.1) is 6.61 Å². The molecule has 0 saturated carbocycles. The smallest absolute Gasteiger partial charge is 0.191 e. The number of ether oxygens (including phenoxy) is 1. The summed E-state index contributed by atoms with van der Waals surface area (Å²) in [6.07, 6.45) is 2.92. The highest BCUT2D eigenvalue weighted by Crippen LogP contribution is 2.19. The highest BCUT2D eigenvalue weighted by molar-refractivity contribution is 14.0. The Morgan fingerprint density at radius 2 is 2.00 bits per heavy atom. The van der Waals surface area contributed by atoms with Crippen LogP contribution in [0.4, 0.5) is 4.39 Å². The predicted molar refractivity (Wildman–Crippen MR) is 123 cm³/mol. The minimum Gasteiger partial charge on any atom is -0.491 e. The van der Waals surface area contributed by atoms with Crippen LogP contribution in [0.1, 0.15) is 18.1 Å². The van der Waals surface area contributed by atoms with Crippen LogP contribution in [0.25, 0.3) is 10.9 Å². The summed E-state index contributed by atoms with van der Waals surface area (Å²) in [7, 11) is 1.72. The molecule has 5 nitrogen and oxygen atoms in total. The van der Waals surface area contributed by atoms with Crippen LogP contribution in [0.2, 0.25) is 0 Å². The summed E-state index contributed by atoms with van der Waals surface area (Å²) in [6.45, 7) is 3.51. The minimum absolute atomic E-state index is 0. The third-order valence-corrected chi connectivity index (χ3v) is 4.34. The van der Waals surface area contributed by atoms with Gasteiger partial charge in [-0.1, -0.05) is 24.3 Å². The zero-order chi connectivity index (χ0) is 19.1. The fraction of sp³-hybridized carbons (Fsp3) is 0.286. The van der Waals surface area contributed by atoms with Crippen LogP contribution in [0, 0.1) is 5.82 Å². The number of nitrogens with zero attached hydrogens (tertiary/aromatic N) is 1. The van der Waals surface area contributed by atoms with Gasteiger partial charge in [-0.15, -0.1) is 24.0 Å². The highest BCUT2D eigenvalue weighted by Gasteiger charge is 2.06. The van der Waals surface area contributed by atoms with Crippen LogP contribution < -0.4 is 15.4 Å². The Morgan fingerprint density at radius 1 is 1.18 bits per heavy atom. The van der Waals surface area contributed by atoms with Gasteiger partial charge in [-0.2, -0.15) is 0 Å². The van der Waals surface area contributed by atoms with Crippen molar-refractivity contribution in [2.24, 2.45) is 4.99 Å². The average molecular weight is 496 g/mol. The van der Waals surface area contributed by atoms with Crippen molar-refractivity contribution in [3.63, 3.8) is 0 Å². The van der Waals surface area contributed by atoms with Gasteiger partial charge in [0, 0.05) is 37.2 Å². The Labute approximate surface area is 181 Å². The molecule has 3 rings (SSSR count). The molecule has 0 aliphatic heterocycles. The number of rotatable bonds is 7. The van der Waals surface area contributed by atoms with E-state index in [0.29, 0.717) is 19.1 Å². The maximum atomic E-state index is 13.9. The van der Waals surface area contributed by atoms with E-state index in [1.54, 1.807) is 13.1 Å². The predicted octanol–water partition coefficient (Wildman–Crippen LogP) is 4.23. The number of halogens is 2. The first-order valence-electron chi connectivity index (χ1n) is 9.12. The minimum atomic E-state index is -0.349. The Hall–Kier alpha value is -2.29. The molecule has 3 N–H and O–H groups in total. The summed E-state index contributed by atoms with van der Waals surface area (Å²) < 4.78 is 19.2. The van der Waals surface area contributed by atoms with Crippen molar-refractivity contribution in [3.8, 4) is 5.75 Å². The molecule has 3 aromatic rings. The van der Waals surface area contributed by atoms with Crippen LogP contribution in [-0.4, -0.2) is 31.1 Å². The molecule has 0 amide bonds. The normalized spacial score (nSPS) is 11.2. The molecule has 0 atom stereocenters. The van der Waals surface area contributed by atoms with E-state index in [9.17, 15) is 4.39 Å². The number of nitrogens with one attached hydrogen (secondary N) is 3. The molecule has 28 heavy (non-hydrogen) atoms. The molecule has 0 saturated heterocycles. The number of guanidine groups is 1. The van der Waals surface area contributed by atoms with Crippen LogP contribution in [0.5, 0.6) is 5.75 Å². The molecule has 0 aliphatic rings. The number of hydrogen-bond donors (Lipinski definition) is 3. The van der Waals surface area contributed by atoms with E-state index >= 15 is 0 Å². The molecule has 150 valence electrons. The number of aromatic nitrogens is 1. The molecule has 1 heterocycles. The van der Waals surface area contributed by atoms with E-state index in [1.165, 1.54) is 17.0 Å². The van der Waals surface area contributed by atoms with Crippen LogP contribution in [-0.2, 0) is 13.0 Å². The number of fused-ring (bicyclic) bond motifs is 1. The molecule has 0 radical (unpaired) electrons. The van der Waals surface area contributed by atoms with E-state index in [2.05, 4.69) is 32.7 Å². The number of benzene rings is 2. The lowest BCUT2D eigenvalue weighted by molar-refractivity contribution is 0.321. The maximum absolute atomic E-state index is 13.9. The lowest BCUT2D eigenvalue weighted by Crippen LogP contribution is -2.37. The third kappa shape index (κ3) is 5.60. The van der Waals surface area contributed by atoms with Gasteiger partial charge in [-0.25, -0.2) is 4.39 Å². The van der Waals surface area contributed by atoms with E-state index < -0.39 is 0 Å². The molecular weight excluding hydrogens is 470 g/mol. The second-order valence-electron chi connectivity index (χ2n) is 6.16. The number of H-pyrrole nitrogens is 1. The number of aromatic amines is 1. The first kappa shape index (κ1) is 22.0. The van der Waals surface area contributed by atoms with Crippen molar-refractivity contribution in [1.29, 1.82) is 0 Å². The Morgan fingerprint density at radius 3 is 2.75 bits per heavy atom. The summed E-state index contributed by atoms with van der Waals surface area (Å²) in [5.41, 5.74) is 3.24. The summed E-state index contributed by atoms with van der Waals surface area (Å²) in [4.78, 5) is 7.51. The van der Waals surface area contributed by atoms with Crippen molar-refractivity contribution in [2.45, 2.75) is 19.9 Å². The quantitative estimate of drug-likeness (QED) is 0.261. The molecule has 7 heteroatoms. The van der Waals surface area contributed by atoms with Gasteiger partial charge < -0.3 is 20.4 Å². The highest BCUT2D eigenvalue weighted by atomic mass is 127. The van der Waals surface area contributed by atoms with Crippen LogP contribution >= 0.6 is 24.0 Å². The summed E-state index contributed by atoms with van der Waals surface area (Å²) in [5, 5.41) is 7.74. The van der Waals surface area contributed by atoms with E-state index in [1.807, 2.05) is 31.3 Å². The Kier molecular flexibility index (Phi) is 8.56. The molecular formula is C21H26FIN4O. The number of para-hydroxylation sites is 1. The van der Waals surface area contributed by atoms with E-state index in [0.717, 1.165) is 24.0 Å². The van der Waals surface area contributed by atoms with E-state index in [4.69, 9.17) is 4.74 Å². The summed E-state index contributed by atoms with van der Waals surface area (Å²) in [6, 6.07) is 13.2. The van der Waals surface area contributed by atoms with Gasteiger partial charge in [-0.3, -0.25) is 4.99 Å². The van der Waals surface area contributed by atoms with Crippen molar-refractivity contribution in [3.05, 3.63) is 65.6 Å². The van der Waals surface area contributed by atoms with Crippen molar-refractivity contribution in [2.75, 3.05) is 20.2 Å². The van der Waals surface area contributed by atoms with Crippen LogP contribution in [0.15, 0.2) is 53.7 Å². The molecule has 1 aromatic heterocycles.